The van der Waals surface area contributed by atoms with Crippen LogP contribution in [-0.4, -0.2) is 11.5 Å². The van der Waals surface area contributed by atoms with E-state index in [4.69, 9.17) is 5.26 Å². The molecule has 86 valence electrons. The van der Waals surface area contributed by atoms with Gasteiger partial charge in [-0.2, -0.15) is 5.26 Å². The van der Waals surface area contributed by atoms with Crippen molar-refractivity contribution in [3.8, 4) is 6.07 Å². The van der Waals surface area contributed by atoms with Gasteiger partial charge in [0.25, 0.3) is 0 Å². The van der Waals surface area contributed by atoms with E-state index in [1.165, 1.54) is 12.8 Å². The average molecular weight is 217 g/mol. The molecule has 1 heterocycles. The molecule has 0 aromatic carbocycles. The third-order valence-corrected chi connectivity index (χ3v) is 2.40. The second kappa shape index (κ2) is 6.97. The van der Waals surface area contributed by atoms with Crippen molar-refractivity contribution < 1.29 is 0 Å². The van der Waals surface area contributed by atoms with Crippen molar-refractivity contribution in [1.29, 1.82) is 5.26 Å². The maximum Gasteiger partial charge on any atom is 0.140 e. The molecular formula is C13H19N3. The first-order chi connectivity index (χ1) is 7.72. The van der Waals surface area contributed by atoms with Crippen molar-refractivity contribution in [2.24, 2.45) is 5.92 Å². The van der Waals surface area contributed by atoms with Crippen molar-refractivity contribution in [3.63, 3.8) is 0 Å². The van der Waals surface area contributed by atoms with Crippen molar-refractivity contribution in [1.82, 2.24) is 10.3 Å². The maximum absolute atomic E-state index is 8.70. The van der Waals surface area contributed by atoms with Crippen LogP contribution in [0.4, 0.5) is 0 Å². The lowest BCUT2D eigenvalue weighted by molar-refractivity contribution is 0.527. The molecule has 0 aliphatic carbocycles. The molecule has 16 heavy (non-hydrogen) atoms. The zero-order valence-electron chi connectivity index (χ0n) is 10.0. The van der Waals surface area contributed by atoms with E-state index in [1.54, 1.807) is 6.20 Å². The van der Waals surface area contributed by atoms with Gasteiger partial charge in [0.2, 0.25) is 0 Å². The van der Waals surface area contributed by atoms with Crippen molar-refractivity contribution in [2.45, 2.75) is 33.2 Å². The molecule has 1 aromatic rings. The summed E-state index contributed by atoms with van der Waals surface area (Å²) in [7, 11) is 0. The lowest BCUT2D eigenvalue weighted by atomic mass is 10.1. The van der Waals surface area contributed by atoms with Gasteiger partial charge in [-0.05, 0) is 43.0 Å². The summed E-state index contributed by atoms with van der Waals surface area (Å²) in [5, 5.41) is 12.1. The van der Waals surface area contributed by atoms with Gasteiger partial charge in [-0.1, -0.05) is 13.8 Å². The quantitative estimate of drug-likeness (QED) is 0.745. The highest BCUT2D eigenvalue weighted by Crippen LogP contribution is 2.03. The Kier molecular flexibility index (Phi) is 5.52. The first kappa shape index (κ1) is 12.7. The molecule has 0 unspecified atom stereocenters. The molecule has 1 N–H and O–H groups in total. The summed E-state index contributed by atoms with van der Waals surface area (Å²) in [6.07, 6.45) is 4.14. The van der Waals surface area contributed by atoms with Crippen LogP contribution in [0.25, 0.3) is 0 Å². The highest BCUT2D eigenvalue weighted by molar-refractivity contribution is 5.25. The van der Waals surface area contributed by atoms with Gasteiger partial charge in [0.05, 0.1) is 0 Å². The van der Waals surface area contributed by atoms with Crippen LogP contribution in [0, 0.1) is 17.2 Å². The number of nitrogens with zero attached hydrogens (tertiary/aromatic N) is 2. The zero-order chi connectivity index (χ0) is 11.8. The van der Waals surface area contributed by atoms with E-state index in [0.29, 0.717) is 5.69 Å². The Hall–Kier alpha value is -1.40. The predicted molar refractivity (Wildman–Crippen MR) is 64.7 cm³/mol. The number of aromatic nitrogens is 1. The Bertz CT molecular complexity index is 352. The topological polar surface area (TPSA) is 48.7 Å². The van der Waals surface area contributed by atoms with E-state index in [1.807, 2.05) is 18.2 Å². The Morgan fingerprint density at radius 1 is 1.50 bits per heavy atom. The number of hydrogen-bond donors (Lipinski definition) is 1. The highest BCUT2D eigenvalue weighted by atomic mass is 14.8. The van der Waals surface area contributed by atoms with Gasteiger partial charge in [0, 0.05) is 12.7 Å². The fourth-order valence-electron chi connectivity index (χ4n) is 1.51. The van der Waals surface area contributed by atoms with E-state index in [2.05, 4.69) is 24.1 Å². The Labute approximate surface area is 97.5 Å². The van der Waals surface area contributed by atoms with Gasteiger partial charge in [0.1, 0.15) is 11.8 Å². The summed E-state index contributed by atoms with van der Waals surface area (Å²) in [4.78, 5) is 3.94. The van der Waals surface area contributed by atoms with Crippen molar-refractivity contribution >= 4 is 0 Å². The van der Waals surface area contributed by atoms with Crippen LogP contribution in [0.15, 0.2) is 18.3 Å². The molecule has 1 aromatic heterocycles. The molecule has 0 spiro atoms. The number of nitrogens with one attached hydrogen (secondary N) is 1. The molecule has 0 amide bonds. The Morgan fingerprint density at radius 2 is 2.31 bits per heavy atom. The van der Waals surface area contributed by atoms with Gasteiger partial charge >= 0.3 is 0 Å². The Morgan fingerprint density at radius 3 is 3.00 bits per heavy atom. The lowest BCUT2D eigenvalue weighted by Crippen LogP contribution is -2.15. The summed E-state index contributed by atoms with van der Waals surface area (Å²) in [6.45, 7) is 6.32. The third-order valence-electron chi connectivity index (χ3n) is 2.40. The largest absolute Gasteiger partial charge is 0.313 e. The molecule has 0 atom stereocenters. The standard InChI is InChI=1S/C13H19N3/c1-11(2)4-3-6-15-10-12-5-7-16-13(8-12)9-14/h5,7-8,11,15H,3-4,6,10H2,1-2H3. The minimum atomic E-state index is 0.487. The smallest absolute Gasteiger partial charge is 0.140 e. The molecular weight excluding hydrogens is 198 g/mol. The number of hydrogen-bond acceptors (Lipinski definition) is 3. The average Bonchev–Trinajstić information content (AvgIpc) is 2.28. The molecule has 0 bridgehead atoms. The van der Waals surface area contributed by atoms with Gasteiger partial charge in [0.15, 0.2) is 0 Å². The van der Waals surface area contributed by atoms with E-state index in [0.717, 1.165) is 24.6 Å². The van der Waals surface area contributed by atoms with Gasteiger partial charge in [-0.15, -0.1) is 0 Å². The molecule has 3 heteroatoms. The molecule has 0 radical (unpaired) electrons. The molecule has 0 aliphatic heterocycles. The van der Waals surface area contributed by atoms with Crippen LogP contribution in [0.3, 0.4) is 0 Å². The minimum absolute atomic E-state index is 0.487. The van der Waals surface area contributed by atoms with Crippen molar-refractivity contribution in [2.75, 3.05) is 6.54 Å². The number of nitriles is 1. The summed E-state index contributed by atoms with van der Waals surface area (Å²) in [6, 6.07) is 5.81. The van der Waals surface area contributed by atoms with Crippen LogP contribution >= 0.6 is 0 Å². The fraction of sp³-hybridized carbons (Fsp3) is 0.538. The van der Waals surface area contributed by atoms with E-state index in [-0.39, 0.29) is 0 Å². The van der Waals surface area contributed by atoms with E-state index in [9.17, 15) is 0 Å². The normalized spacial score (nSPS) is 10.4. The molecule has 0 aliphatic rings. The van der Waals surface area contributed by atoms with Gasteiger partial charge < -0.3 is 5.32 Å². The monoisotopic (exact) mass is 217 g/mol. The molecule has 3 nitrogen and oxygen atoms in total. The zero-order valence-corrected chi connectivity index (χ0v) is 10.0. The second-order valence-corrected chi connectivity index (χ2v) is 4.37. The lowest BCUT2D eigenvalue weighted by Gasteiger charge is -2.06. The van der Waals surface area contributed by atoms with E-state index < -0.39 is 0 Å². The summed E-state index contributed by atoms with van der Waals surface area (Å²) < 4.78 is 0. The minimum Gasteiger partial charge on any atom is -0.313 e. The summed E-state index contributed by atoms with van der Waals surface area (Å²) in [5.74, 6) is 0.771. The van der Waals surface area contributed by atoms with Crippen LogP contribution in [-0.2, 0) is 6.54 Å². The Balaban J connectivity index is 2.24. The van der Waals surface area contributed by atoms with Crippen LogP contribution in [0.2, 0.25) is 0 Å². The number of pyridine rings is 1. The SMILES string of the molecule is CC(C)CCCNCc1ccnc(C#N)c1. The molecule has 1 rings (SSSR count). The summed E-state index contributed by atoms with van der Waals surface area (Å²) in [5.41, 5.74) is 1.61. The summed E-state index contributed by atoms with van der Waals surface area (Å²) >= 11 is 0. The van der Waals surface area contributed by atoms with Crippen LogP contribution < -0.4 is 5.32 Å². The van der Waals surface area contributed by atoms with Crippen LogP contribution in [0.5, 0.6) is 0 Å². The maximum atomic E-state index is 8.70. The number of rotatable bonds is 6. The van der Waals surface area contributed by atoms with Crippen molar-refractivity contribution in [3.05, 3.63) is 29.6 Å². The molecule has 0 saturated heterocycles. The molecule has 0 saturated carbocycles. The highest BCUT2D eigenvalue weighted by Gasteiger charge is 1.97. The first-order valence-electron chi connectivity index (χ1n) is 5.78. The second-order valence-electron chi connectivity index (χ2n) is 4.37. The van der Waals surface area contributed by atoms with Crippen LogP contribution in [0.1, 0.15) is 37.9 Å². The predicted octanol–water partition coefficient (Wildman–Crippen LogP) is 2.48. The third kappa shape index (κ3) is 4.90. The fourth-order valence-corrected chi connectivity index (χ4v) is 1.51. The van der Waals surface area contributed by atoms with Gasteiger partial charge in [-0.25, -0.2) is 4.98 Å². The first-order valence-corrected chi connectivity index (χ1v) is 5.78. The van der Waals surface area contributed by atoms with Gasteiger partial charge in [-0.3, -0.25) is 0 Å². The molecule has 0 fully saturated rings. The van der Waals surface area contributed by atoms with E-state index >= 15 is 0 Å².